The lowest BCUT2D eigenvalue weighted by Gasteiger charge is -2.13. The van der Waals surface area contributed by atoms with Crippen molar-refractivity contribution in [2.24, 2.45) is 5.73 Å². The topological polar surface area (TPSA) is 114 Å². The molecular formula is C22H23N2O5P. The Morgan fingerprint density at radius 3 is 2.20 bits per heavy atom. The van der Waals surface area contributed by atoms with Crippen molar-refractivity contribution in [2.75, 3.05) is 11.9 Å². The first kappa shape index (κ1) is 21.9. The van der Waals surface area contributed by atoms with Crippen LogP contribution in [0.2, 0.25) is 0 Å². The third-order valence-electron chi connectivity index (χ3n) is 4.29. The molecule has 0 bridgehead atoms. The predicted molar refractivity (Wildman–Crippen MR) is 117 cm³/mol. The zero-order valence-electron chi connectivity index (χ0n) is 16.1. The standard InChI is InChI=1S/C22H23N2O5P/c23-21(15-29-30(26)27)22(25)24-19-10-12-20(13-11-19)28-14-16-6-8-18(9-7-16)17-4-2-1-3-5-17/h1-13,21,26-27H,14-15,23H2,(H,24,25). The molecule has 156 valence electrons. The summed E-state index contributed by atoms with van der Waals surface area (Å²) in [7, 11) is -2.54. The van der Waals surface area contributed by atoms with Gasteiger partial charge in [0.1, 0.15) is 18.4 Å². The Bertz CT molecular complexity index is 934. The number of ether oxygens (including phenoxy) is 1. The summed E-state index contributed by atoms with van der Waals surface area (Å²) in [4.78, 5) is 29.3. The summed E-state index contributed by atoms with van der Waals surface area (Å²) in [6.45, 7) is 0.142. The van der Waals surface area contributed by atoms with Crippen molar-refractivity contribution in [3.05, 3.63) is 84.4 Å². The van der Waals surface area contributed by atoms with Crippen LogP contribution < -0.4 is 15.8 Å². The molecule has 0 heterocycles. The Kier molecular flexibility index (Phi) is 7.90. The zero-order chi connectivity index (χ0) is 21.3. The van der Waals surface area contributed by atoms with Crippen molar-refractivity contribution in [3.63, 3.8) is 0 Å². The number of hydrogen-bond donors (Lipinski definition) is 4. The van der Waals surface area contributed by atoms with E-state index in [-0.39, 0.29) is 6.61 Å². The average Bonchev–Trinajstić information content (AvgIpc) is 2.78. The molecule has 0 aliphatic rings. The lowest BCUT2D eigenvalue weighted by atomic mass is 10.0. The van der Waals surface area contributed by atoms with Gasteiger partial charge in [-0.15, -0.1) is 0 Å². The maximum Gasteiger partial charge on any atom is 0.327 e. The molecule has 0 aliphatic carbocycles. The lowest BCUT2D eigenvalue weighted by Crippen LogP contribution is -2.39. The molecule has 0 radical (unpaired) electrons. The molecule has 30 heavy (non-hydrogen) atoms. The number of rotatable bonds is 9. The van der Waals surface area contributed by atoms with Crippen molar-refractivity contribution in [3.8, 4) is 16.9 Å². The van der Waals surface area contributed by atoms with Gasteiger partial charge in [0, 0.05) is 5.69 Å². The van der Waals surface area contributed by atoms with Gasteiger partial charge in [-0.25, -0.2) is 0 Å². The smallest absolute Gasteiger partial charge is 0.327 e. The fourth-order valence-electron chi connectivity index (χ4n) is 2.68. The van der Waals surface area contributed by atoms with Crippen LogP contribution >= 0.6 is 8.60 Å². The minimum absolute atomic E-state index is 0.283. The van der Waals surface area contributed by atoms with Crippen LogP contribution in [-0.4, -0.2) is 28.3 Å². The van der Waals surface area contributed by atoms with Crippen molar-refractivity contribution in [1.82, 2.24) is 0 Å². The monoisotopic (exact) mass is 426 g/mol. The Morgan fingerprint density at radius 2 is 1.57 bits per heavy atom. The number of nitrogens with two attached hydrogens (primary N) is 1. The van der Waals surface area contributed by atoms with Gasteiger partial charge in [0.2, 0.25) is 5.91 Å². The third kappa shape index (κ3) is 6.62. The van der Waals surface area contributed by atoms with Gasteiger partial charge in [-0.3, -0.25) is 4.79 Å². The highest BCUT2D eigenvalue weighted by molar-refractivity contribution is 7.39. The van der Waals surface area contributed by atoms with Gasteiger partial charge in [0.15, 0.2) is 0 Å². The molecule has 8 heteroatoms. The minimum atomic E-state index is -2.54. The molecule has 5 N–H and O–H groups in total. The summed E-state index contributed by atoms with van der Waals surface area (Å²) in [6.07, 6.45) is 0. The van der Waals surface area contributed by atoms with E-state index in [4.69, 9.17) is 20.3 Å². The van der Waals surface area contributed by atoms with Gasteiger partial charge in [0.05, 0.1) is 6.61 Å². The van der Waals surface area contributed by atoms with E-state index in [1.54, 1.807) is 24.3 Å². The van der Waals surface area contributed by atoms with Crippen molar-refractivity contribution in [1.29, 1.82) is 0 Å². The Hall–Kier alpha value is -2.80. The number of nitrogens with one attached hydrogen (secondary N) is 1. The van der Waals surface area contributed by atoms with Crippen LogP contribution in [0.3, 0.4) is 0 Å². The van der Waals surface area contributed by atoms with Gasteiger partial charge >= 0.3 is 8.60 Å². The normalized spacial score (nSPS) is 11.9. The molecule has 7 nitrogen and oxygen atoms in total. The Morgan fingerprint density at radius 1 is 0.933 bits per heavy atom. The minimum Gasteiger partial charge on any atom is -0.489 e. The van der Waals surface area contributed by atoms with Crippen LogP contribution in [-0.2, 0) is 15.9 Å². The van der Waals surface area contributed by atoms with Crippen LogP contribution in [0.1, 0.15) is 5.56 Å². The summed E-state index contributed by atoms with van der Waals surface area (Å²) in [5.41, 5.74) is 9.54. The van der Waals surface area contributed by atoms with E-state index in [1.807, 2.05) is 30.3 Å². The summed E-state index contributed by atoms with van der Waals surface area (Å²) in [5, 5.41) is 2.63. The van der Waals surface area contributed by atoms with Crippen LogP contribution in [0.4, 0.5) is 5.69 Å². The zero-order valence-corrected chi connectivity index (χ0v) is 17.0. The van der Waals surface area contributed by atoms with E-state index in [9.17, 15) is 4.79 Å². The van der Waals surface area contributed by atoms with E-state index in [0.29, 0.717) is 18.0 Å². The van der Waals surface area contributed by atoms with E-state index in [1.165, 1.54) is 5.56 Å². The molecule has 1 amide bonds. The first-order valence-electron chi connectivity index (χ1n) is 9.26. The molecule has 3 aromatic carbocycles. The van der Waals surface area contributed by atoms with E-state index in [0.717, 1.165) is 11.1 Å². The van der Waals surface area contributed by atoms with Gasteiger partial charge in [-0.1, -0.05) is 54.6 Å². The molecule has 0 aliphatic heterocycles. The fourth-order valence-corrected chi connectivity index (χ4v) is 2.98. The molecule has 0 aromatic heterocycles. The van der Waals surface area contributed by atoms with Gasteiger partial charge < -0.3 is 30.1 Å². The maximum atomic E-state index is 11.9. The second-order valence-electron chi connectivity index (χ2n) is 6.52. The molecule has 0 saturated carbocycles. The highest BCUT2D eigenvalue weighted by Gasteiger charge is 2.15. The summed E-state index contributed by atoms with van der Waals surface area (Å²) in [5.74, 6) is 0.179. The molecule has 0 spiro atoms. The second-order valence-corrected chi connectivity index (χ2v) is 7.28. The van der Waals surface area contributed by atoms with E-state index < -0.39 is 20.6 Å². The van der Waals surface area contributed by atoms with Gasteiger partial charge in [0.25, 0.3) is 0 Å². The highest BCUT2D eigenvalue weighted by atomic mass is 31.2. The SMILES string of the molecule is NC(COP(O)O)C(=O)Nc1ccc(OCc2ccc(-c3ccccc3)cc2)cc1. The van der Waals surface area contributed by atoms with E-state index in [2.05, 4.69) is 34.1 Å². The fraction of sp³-hybridized carbons (Fsp3) is 0.136. The summed E-state index contributed by atoms with van der Waals surface area (Å²) < 4.78 is 10.4. The van der Waals surface area contributed by atoms with Crippen LogP contribution in [0.15, 0.2) is 78.9 Å². The molecule has 3 rings (SSSR count). The van der Waals surface area contributed by atoms with Crippen LogP contribution in [0.25, 0.3) is 11.1 Å². The summed E-state index contributed by atoms with van der Waals surface area (Å²) in [6, 6.07) is 24.2. The number of hydrogen-bond acceptors (Lipinski definition) is 6. The van der Waals surface area contributed by atoms with E-state index >= 15 is 0 Å². The first-order chi connectivity index (χ1) is 14.5. The first-order valence-corrected chi connectivity index (χ1v) is 10.4. The quantitative estimate of drug-likeness (QED) is 0.390. The lowest BCUT2D eigenvalue weighted by molar-refractivity contribution is -0.118. The van der Waals surface area contributed by atoms with Gasteiger partial charge in [-0.05, 0) is 41.0 Å². The molecular weight excluding hydrogens is 403 g/mol. The number of anilines is 1. The van der Waals surface area contributed by atoms with Crippen LogP contribution in [0, 0.1) is 0 Å². The molecule has 1 unspecified atom stereocenters. The number of benzene rings is 3. The van der Waals surface area contributed by atoms with Gasteiger partial charge in [-0.2, -0.15) is 0 Å². The molecule has 1 atom stereocenters. The molecule has 0 saturated heterocycles. The van der Waals surface area contributed by atoms with Crippen molar-refractivity contribution in [2.45, 2.75) is 12.6 Å². The number of amides is 1. The average molecular weight is 426 g/mol. The second kappa shape index (κ2) is 10.8. The maximum absolute atomic E-state index is 11.9. The largest absolute Gasteiger partial charge is 0.489 e. The predicted octanol–water partition coefficient (Wildman–Crippen LogP) is 3.43. The number of carbonyl (C=O) groups excluding carboxylic acids is 1. The molecule has 0 fully saturated rings. The molecule has 3 aromatic rings. The Balaban J connectivity index is 1.49. The van der Waals surface area contributed by atoms with Crippen molar-refractivity contribution >= 4 is 20.2 Å². The highest BCUT2D eigenvalue weighted by Crippen LogP contribution is 2.24. The summed E-state index contributed by atoms with van der Waals surface area (Å²) >= 11 is 0. The Labute approximate surface area is 176 Å². The third-order valence-corrected chi connectivity index (χ3v) is 4.67. The van der Waals surface area contributed by atoms with Crippen LogP contribution in [0.5, 0.6) is 5.75 Å². The number of carbonyl (C=O) groups is 1. The van der Waals surface area contributed by atoms with Crippen molar-refractivity contribution < 1.29 is 23.8 Å².